The van der Waals surface area contributed by atoms with Crippen molar-refractivity contribution in [2.45, 2.75) is 114 Å². The largest absolute Gasteiger partial charge is 0.459 e. The summed E-state index contributed by atoms with van der Waals surface area (Å²) in [5, 5.41) is 0.0961. The van der Waals surface area contributed by atoms with Gasteiger partial charge in [-0.2, -0.15) is 0 Å². The molecule has 0 aliphatic heterocycles. The molecular formula is C24H38Cl2O4. The van der Waals surface area contributed by atoms with Gasteiger partial charge in [0.2, 0.25) is 0 Å². The van der Waals surface area contributed by atoms with Crippen LogP contribution in [0.1, 0.15) is 90.9 Å². The highest BCUT2D eigenvalue weighted by Gasteiger charge is 2.35. The van der Waals surface area contributed by atoms with Gasteiger partial charge in [-0.3, -0.25) is 0 Å². The van der Waals surface area contributed by atoms with Gasteiger partial charge in [0.25, 0.3) is 0 Å². The number of esters is 2. The predicted octanol–water partition coefficient (Wildman–Crippen LogP) is 6.56. The summed E-state index contributed by atoms with van der Waals surface area (Å²) in [4.78, 5) is 24.6. The van der Waals surface area contributed by atoms with E-state index < -0.39 is 11.9 Å². The molecule has 0 aromatic carbocycles. The summed E-state index contributed by atoms with van der Waals surface area (Å²) in [6, 6.07) is 0. The molecule has 2 saturated carbocycles. The number of hydrogen-bond acceptors (Lipinski definition) is 4. The number of carbonyl (C=O) groups is 2. The van der Waals surface area contributed by atoms with Crippen LogP contribution in [-0.4, -0.2) is 34.9 Å². The van der Waals surface area contributed by atoms with Crippen molar-refractivity contribution >= 4 is 35.1 Å². The van der Waals surface area contributed by atoms with E-state index in [1.165, 1.54) is 12.2 Å². The normalized spacial score (nSPS) is 32.1. The van der Waals surface area contributed by atoms with Crippen LogP contribution in [0.15, 0.2) is 12.2 Å². The molecule has 0 saturated heterocycles. The summed E-state index contributed by atoms with van der Waals surface area (Å²) in [5.74, 6) is -0.616. The van der Waals surface area contributed by atoms with Gasteiger partial charge in [-0.05, 0) is 51.4 Å². The molecule has 6 heteroatoms. The SMILES string of the molecule is CCCCC1C(Cl)CCCC1OC(=O)/C=C/C(=O)OC1CCCC(Cl)C1CCCC. The van der Waals surface area contributed by atoms with Crippen molar-refractivity contribution < 1.29 is 19.1 Å². The Bertz CT molecular complexity index is 517. The van der Waals surface area contributed by atoms with E-state index in [2.05, 4.69) is 13.8 Å². The van der Waals surface area contributed by atoms with Crippen LogP contribution in [0.5, 0.6) is 0 Å². The maximum absolute atomic E-state index is 12.3. The number of rotatable bonds is 10. The summed E-state index contributed by atoms with van der Waals surface area (Å²) in [6.45, 7) is 4.29. The van der Waals surface area contributed by atoms with Crippen LogP contribution in [0.3, 0.4) is 0 Å². The highest BCUT2D eigenvalue weighted by molar-refractivity contribution is 6.21. The molecule has 0 aromatic heterocycles. The van der Waals surface area contributed by atoms with E-state index in [1.54, 1.807) is 0 Å². The molecule has 2 aliphatic carbocycles. The van der Waals surface area contributed by atoms with Gasteiger partial charge < -0.3 is 9.47 Å². The molecule has 0 heterocycles. The van der Waals surface area contributed by atoms with E-state index in [9.17, 15) is 9.59 Å². The minimum absolute atomic E-state index is 0.0481. The highest BCUT2D eigenvalue weighted by atomic mass is 35.5. The Morgan fingerprint density at radius 3 is 1.53 bits per heavy atom. The minimum atomic E-state index is -0.495. The summed E-state index contributed by atoms with van der Waals surface area (Å²) < 4.78 is 11.3. The van der Waals surface area contributed by atoms with Gasteiger partial charge in [-0.15, -0.1) is 23.2 Å². The Hall–Kier alpha value is -0.740. The van der Waals surface area contributed by atoms with Crippen LogP contribution in [0.2, 0.25) is 0 Å². The van der Waals surface area contributed by atoms with Gasteiger partial charge in [0.1, 0.15) is 12.2 Å². The van der Waals surface area contributed by atoms with Gasteiger partial charge in [0.05, 0.1) is 0 Å². The second-order valence-electron chi connectivity index (χ2n) is 8.79. The molecule has 0 amide bonds. The highest BCUT2D eigenvalue weighted by Crippen LogP contribution is 2.35. The third-order valence-electron chi connectivity index (χ3n) is 6.49. The average molecular weight is 461 g/mol. The van der Waals surface area contributed by atoms with Crippen LogP contribution >= 0.6 is 23.2 Å². The predicted molar refractivity (Wildman–Crippen MR) is 122 cm³/mol. The number of halogens is 2. The lowest BCUT2D eigenvalue weighted by Crippen LogP contribution is -2.37. The average Bonchev–Trinajstić information content (AvgIpc) is 2.71. The molecule has 30 heavy (non-hydrogen) atoms. The molecule has 0 aromatic rings. The van der Waals surface area contributed by atoms with Crippen LogP contribution < -0.4 is 0 Å². The first-order chi connectivity index (χ1) is 14.5. The van der Waals surface area contributed by atoms with Crippen LogP contribution in [0, 0.1) is 11.8 Å². The Kier molecular flexibility index (Phi) is 11.6. The topological polar surface area (TPSA) is 52.6 Å². The fourth-order valence-corrected chi connectivity index (χ4v) is 5.65. The zero-order valence-electron chi connectivity index (χ0n) is 18.5. The molecule has 2 fully saturated rings. The molecule has 0 N–H and O–H groups in total. The molecule has 2 aliphatic rings. The Morgan fingerprint density at radius 2 is 1.17 bits per heavy atom. The second kappa shape index (κ2) is 13.6. The van der Waals surface area contributed by atoms with Crippen molar-refractivity contribution in [1.82, 2.24) is 0 Å². The fourth-order valence-electron chi connectivity index (χ4n) is 4.77. The van der Waals surface area contributed by atoms with E-state index in [0.717, 1.165) is 77.0 Å². The van der Waals surface area contributed by atoms with E-state index in [1.807, 2.05) is 0 Å². The maximum Gasteiger partial charge on any atom is 0.331 e. The van der Waals surface area contributed by atoms with Gasteiger partial charge in [-0.1, -0.05) is 39.5 Å². The van der Waals surface area contributed by atoms with E-state index in [0.29, 0.717) is 0 Å². The zero-order chi connectivity index (χ0) is 21.9. The van der Waals surface area contributed by atoms with Crippen LogP contribution in [0.4, 0.5) is 0 Å². The molecule has 0 spiro atoms. The molecule has 0 bridgehead atoms. The van der Waals surface area contributed by atoms with Crippen molar-refractivity contribution in [2.75, 3.05) is 0 Å². The van der Waals surface area contributed by atoms with Crippen molar-refractivity contribution in [3.05, 3.63) is 12.2 Å². The van der Waals surface area contributed by atoms with Crippen molar-refractivity contribution in [3.63, 3.8) is 0 Å². The lowest BCUT2D eigenvalue weighted by molar-refractivity contribution is -0.150. The summed E-state index contributed by atoms with van der Waals surface area (Å²) >= 11 is 13.0. The number of hydrogen-bond donors (Lipinski definition) is 0. The lowest BCUT2D eigenvalue weighted by Gasteiger charge is -2.34. The minimum Gasteiger partial charge on any atom is -0.459 e. The van der Waals surface area contributed by atoms with Crippen LogP contribution in [0.25, 0.3) is 0 Å². The molecule has 6 unspecified atom stereocenters. The molecule has 0 radical (unpaired) electrons. The van der Waals surface area contributed by atoms with Gasteiger partial charge in [0, 0.05) is 34.7 Å². The molecule has 4 nitrogen and oxygen atoms in total. The van der Waals surface area contributed by atoms with Gasteiger partial charge >= 0.3 is 11.9 Å². The third-order valence-corrected chi connectivity index (χ3v) is 7.58. The molecule has 172 valence electrons. The van der Waals surface area contributed by atoms with E-state index in [4.69, 9.17) is 32.7 Å². The number of unbranched alkanes of at least 4 members (excludes halogenated alkanes) is 2. The monoisotopic (exact) mass is 460 g/mol. The Labute approximate surface area is 192 Å². The van der Waals surface area contributed by atoms with E-state index >= 15 is 0 Å². The molecular weight excluding hydrogens is 423 g/mol. The summed E-state index contributed by atoms with van der Waals surface area (Å²) in [5.41, 5.74) is 0. The summed E-state index contributed by atoms with van der Waals surface area (Å²) in [6.07, 6.45) is 13.8. The maximum atomic E-state index is 12.3. The lowest BCUT2D eigenvalue weighted by atomic mass is 9.82. The van der Waals surface area contributed by atoms with E-state index in [-0.39, 0.29) is 34.8 Å². The summed E-state index contributed by atoms with van der Waals surface area (Å²) in [7, 11) is 0. The second-order valence-corrected chi connectivity index (χ2v) is 9.91. The number of ether oxygens (including phenoxy) is 2. The quantitative estimate of drug-likeness (QED) is 0.210. The molecule has 6 atom stereocenters. The van der Waals surface area contributed by atoms with Gasteiger partial charge in [-0.25, -0.2) is 9.59 Å². The standard InChI is InChI=1S/C24H38Cl2O4/c1-3-5-9-17-19(25)11-7-13-21(17)29-23(27)15-16-24(28)30-22-14-8-12-20(26)18(22)10-6-4-2/h15-22H,3-14H2,1-2H3/b16-15+. The fraction of sp³-hybridized carbons (Fsp3) is 0.833. The Morgan fingerprint density at radius 1 is 0.767 bits per heavy atom. The van der Waals surface area contributed by atoms with Crippen molar-refractivity contribution in [3.8, 4) is 0 Å². The van der Waals surface area contributed by atoms with Crippen molar-refractivity contribution in [2.24, 2.45) is 11.8 Å². The number of carbonyl (C=O) groups excluding carboxylic acids is 2. The van der Waals surface area contributed by atoms with Gasteiger partial charge in [0.15, 0.2) is 0 Å². The number of alkyl halides is 2. The smallest absolute Gasteiger partial charge is 0.331 e. The van der Waals surface area contributed by atoms with Crippen LogP contribution in [-0.2, 0) is 19.1 Å². The van der Waals surface area contributed by atoms with Crippen molar-refractivity contribution in [1.29, 1.82) is 0 Å². The molecule has 2 rings (SSSR count). The Balaban J connectivity index is 1.86. The first-order valence-electron chi connectivity index (χ1n) is 11.8. The third kappa shape index (κ3) is 8.07. The zero-order valence-corrected chi connectivity index (χ0v) is 20.0. The first kappa shape index (κ1) is 25.5. The first-order valence-corrected chi connectivity index (χ1v) is 12.7.